The third kappa shape index (κ3) is 1.12. The number of likely N-dealkylation sites (tertiary alicyclic amines) is 1. The van der Waals surface area contributed by atoms with Gasteiger partial charge < -0.3 is 0 Å². The molecule has 3 rings (SSSR count). The smallest absolute Gasteiger partial charge is 0.0202 e. The molecule has 0 bridgehead atoms. The molecular formula is C13H17N. The van der Waals surface area contributed by atoms with Gasteiger partial charge in [0.1, 0.15) is 0 Å². The lowest BCUT2D eigenvalue weighted by Crippen LogP contribution is -2.46. The highest BCUT2D eigenvalue weighted by Crippen LogP contribution is 2.37. The second-order valence-electron chi connectivity index (χ2n) is 4.65. The van der Waals surface area contributed by atoms with Crippen molar-refractivity contribution in [2.75, 3.05) is 13.1 Å². The van der Waals surface area contributed by atoms with Crippen molar-refractivity contribution in [3.8, 4) is 0 Å². The Hall–Kier alpha value is -0.820. The van der Waals surface area contributed by atoms with Crippen LogP contribution >= 0.6 is 0 Å². The summed E-state index contributed by atoms with van der Waals surface area (Å²) in [5.41, 5.74) is 3.17. The van der Waals surface area contributed by atoms with Gasteiger partial charge in [0.05, 0.1) is 0 Å². The highest BCUT2D eigenvalue weighted by Gasteiger charge is 2.35. The molecule has 1 nitrogen and oxygen atoms in total. The lowest BCUT2D eigenvalue weighted by molar-refractivity contribution is 0.110. The number of fused-ring (bicyclic) bond motifs is 1. The number of hydrogen-bond acceptors (Lipinski definition) is 1. The molecule has 74 valence electrons. The molecule has 14 heavy (non-hydrogen) atoms. The molecule has 0 unspecified atom stereocenters. The van der Waals surface area contributed by atoms with E-state index >= 15 is 0 Å². The van der Waals surface area contributed by atoms with Crippen molar-refractivity contribution in [2.45, 2.75) is 31.7 Å². The summed E-state index contributed by atoms with van der Waals surface area (Å²) < 4.78 is 0. The van der Waals surface area contributed by atoms with Crippen LogP contribution < -0.4 is 0 Å². The van der Waals surface area contributed by atoms with Crippen LogP contribution in [0.15, 0.2) is 24.3 Å². The van der Waals surface area contributed by atoms with Crippen LogP contribution in [0.5, 0.6) is 0 Å². The molecule has 1 aromatic rings. The highest BCUT2D eigenvalue weighted by atomic mass is 15.2. The van der Waals surface area contributed by atoms with Crippen LogP contribution in [0.3, 0.4) is 0 Å². The molecule has 0 saturated carbocycles. The summed E-state index contributed by atoms with van der Waals surface area (Å²) in [7, 11) is 0. The van der Waals surface area contributed by atoms with E-state index in [0.29, 0.717) is 0 Å². The first kappa shape index (κ1) is 8.49. The van der Waals surface area contributed by atoms with Crippen LogP contribution in [0, 0.1) is 0 Å². The van der Waals surface area contributed by atoms with Gasteiger partial charge in [-0.2, -0.15) is 0 Å². The van der Waals surface area contributed by atoms with E-state index in [2.05, 4.69) is 36.1 Å². The summed E-state index contributed by atoms with van der Waals surface area (Å²) in [6, 6.07) is 9.74. The summed E-state index contributed by atoms with van der Waals surface area (Å²) in [6.07, 6.45) is 2.68. The average Bonchev–Trinajstić information content (AvgIpc) is 2.43. The topological polar surface area (TPSA) is 3.24 Å². The summed E-state index contributed by atoms with van der Waals surface area (Å²) in [6.45, 7) is 5.03. The van der Waals surface area contributed by atoms with Crippen LogP contribution in [-0.4, -0.2) is 24.0 Å². The second kappa shape index (κ2) is 3.09. The largest absolute Gasteiger partial charge is 0.299 e. The minimum absolute atomic E-state index is 0.742. The zero-order chi connectivity index (χ0) is 9.54. The van der Waals surface area contributed by atoms with Crippen molar-refractivity contribution in [2.24, 2.45) is 0 Å². The van der Waals surface area contributed by atoms with Gasteiger partial charge in [0.15, 0.2) is 0 Å². The quantitative estimate of drug-likeness (QED) is 0.652. The Morgan fingerprint density at radius 3 is 2.64 bits per heavy atom. The van der Waals surface area contributed by atoms with Gasteiger partial charge >= 0.3 is 0 Å². The van der Waals surface area contributed by atoms with Crippen molar-refractivity contribution in [1.82, 2.24) is 4.90 Å². The molecule has 0 radical (unpaired) electrons. The monoisotopic (exact) mass is 187 g/mol. The standard InChI is InChI=1S/C13H17N/c1-10-12-6-3-2-5-11(12)9-13(10)14-7-4-8-14/h2-3,5-6,10,13H,4,7-9H2,1H3/t10-,13-/m1/s1. The molecule has 0 spiro atoms. The lowest BCUT2D eigenvalue weighted by Gasteiger charge is -2.38. The van der Waals surface area contributed by atoms with E-state index < -0.39 is 0 Å². The summed E-state index contributed by atoms with van der Waals surface area (Å²) >= 11 is 0. The maximum Gasteiger partial charge on any atom is 0.0202 e. The van der Waals surface area contributed by atoms with E-state index in [9.17, 15) is 0 Å². The lowest BCUT2D eigenvalue weighted by atomic mass is 9.97. The summed E-state index contributed by atoms with van der Waals surface area (Å²) in [5, 5.41) is 0. The Labute approximate surface area is 85.7 Å². The van der Waals surface area contributed by atoms with Crippen LogP contribution in [-0.2, 0) is 6.42 Å². The molecule has 1 aliphatic carbocycles. The van der Waals surface area contributed by atoms with Gasteiger partial charge in [0, 0.05) is 6.04 Å². The third-order valence-corrected chi connectivity index (χ3v) is 3.91. The second-order valence-corrected chi connectivity index (χ2v) is 4.65. The number of hydrogen-bond donors (Lipinski definition) is 0. The van der Waals surface area contributed by atoms with Crippen LogP contribution in [0.4, 0.5) is 0 Å². The Kier molecular flexibility index (Phi) is 1.88. The van der Waals surface area contributed by atoms with Crippen LogP contribution in [0.2, 0.25) is 0 Å². The highest BCUT2D eigenvalue weighted by molar-refractivity contribution is 5.37. The van der Waals surface area contributed by atoms with Crippen LogP contribution in [0.1, 0.15) is 30.4 Å². The van der Waals surface area contributed by atoms with Gasteiger partial charge in [-0.15, -0.1) is 0 Å². The van der Waals surface area contributed by atoms with E-state index in [0.717, 1.165) is 12.0 Å². The summed E-state index contributed by atoms with van der Waals surface area (Å²) in [4.78, 5) is 2.64. The van der Waals surface area contributed by atoms with E-state index in [1.807, 2.05) is 0 Å². The van der Waals surface area contributed by atoms with E-state index in [4.69, 9.17) is 0 Å². The molecular weight excluding hydrogens is 170 g/mol. The average molecular weight is 187 g/mol. The molecule has 2 aliphatic rings. The number of benzene rings is 1. The van der Waals surface area contributed by atoms with Crippen LogP contribution in [0.25, 0.3) is 0 Å². The van der Waals surface area contributed by atoms with Gasteiger partial charge in [-0.1, -0.05) is 31.2 Å². The first-order valence-corrected chi connectivity index (χ1v) is 5.68. The van der Waals surface area contributed by atoms with E-state index in [1.165, 1.54) is 25.9 Å². The van der Waals surface area contributed by atoms with Crippen molar-refractivity contribution in [1.29, 1.82) is 0 Å². The number of nitrogens with zero attached hydrogens (tertiary/aromatic N) is 1. The van der Waals surface area contributed by atoms with E-state index in [-0.39, 0.29) is 0 Å². The summed E-state index contributed by atoms with van der Waals surface area (Å²) in [5.74, 6) is 0.742. The SMILES string of the molecule is C[C@@H]1c2ccccc2C[C@H]1N1CCC1. The predicted molar refractivity (Wildman–Crippen MR) is 58.5 cm³/mol. The minimum Gasteiger partial charge on any atom is -0.299 e. The zero-order valence-electron chi connectivity index (χ0n) is 8.74. The van der Waals surface area contributed by atoms with Gasteiger partial charge in [0.2, 0.25) is 0 Å². The van der Waals surface area contributed by atoms with Gasteiger partial charge in [-0.05, 0) is 43.0 Å². The normalized spacial score (nSPS) is 31.2. The Morgan fingerprint density at radius 2 is 2.00 bits per heavy atom. The zero-order valence-corrected chi connectivity index (χ0v) is 8.74. The molecule has 2 atom stereocenters. The maximum atomic E-state index is 2.64. The fourth-order valence-electron chi connectivity index (χ4n) is 2.89. The van der Waals surface area contributed by atoms with Gasteiger partial charge in [0.25, 0.3) is 0 Å². The number of rotatable bonds is 1. The van der Waals surface area contributed by atoms with Crippen molar-refractivity contribution >= 4 is 0 Å². The Bertz CT molecular complexity index is 341. The van der Waals surface area contributed by atoms with Crippen molar-refractivity contribution in [3.05, 3.63) is 35.4 Å². The molecule has 1 saturated heterocycles. The third-order valence-electron chi connectivity index (χ3n) is 3.91. The van der Waals surface area contributed by atoms with Crippen molar-refractivity contribution < 1.29 is 0 Å². The predicted octanol–water partition coefficient (Wildman–Crippen LogP) is 2.42. The van der Waals surface area contributed by atoms with E-state index in [1.54, 1.807) is 11.1 Å². The Balaban J connectivity index is 1.89. The first-order valence-electron chi connectivity index (χ1n) is 5.68. The molecule has 1 heterocycles. The van der Waals surface area contributed by atoms with Gasteiger partial charge in [-0.25, -0.2) is 0 Å². The van der Waals surface area contributed by atoms with Crippen molar-refractivity contribution in [3.63, 3.8) is 0 Å². The molecule has 1 heteroatoms. The maximum absolute atomic E-state index is 2.64. The fourth-order valence-corrected chi connectivity index (χ4v) is 2.89. The fraction of sp³-hybridized carbons (Fsp3) is 0.538. The van der Waals surface area contributed by atoms with Gasteiger partial charge in [-0.3, -0.25) is 4.90 Å². The molecule has 1 aromatic carbocycles. The Morgan fingerprint density at radius 1 is 1.21 bits per heavy atom. The minimum atomic E-state index is 0.742. The molecule has 0 amide bonds. The molecule has 0 N–H and O–H groups in total. The molecule has 1 aliphatic heterocycles. The first-order chi connectivity index (χ1) is 6.86. The molecule has 1 fully saturated rings. The molecule has 0 aromatic heterocycles.